The van der Waals surface area contributed by atoms with Crippen LogP contribution in [0.4, 0.5) is 4.79 Å². The molecule has 4 aromatic rings. The molecule has 2 aliphatic heterocycles. The lowest BCUT2D eigenvalue weighted by Gasteiger charge is -2.44. The predicted octanol–water partition coefficient (Wildman–Crippen LogP) is 6.00. The molecule has 2 saturated heterocycles. The summed E-state index contributed by atoms with van der Waals surface area (Å²) in [6.45, 7) is 9.24. The van der Waals surface area contributed by atoms with Gasteiger partial charge < -0.3 is 23.9 Å². The first-order valence-electron chi connectivity index (χ1n) is 15.1. The number of carboxylic acid groups (broad SMARTS) is 1. The van der Waals surface area contributed by atoms with Gasteiger partial charge in [0.05, 0.1) is 22.8 Å². The highest BCUT2D eigenvalue weighted by Crippen LogP contribution is 2.33. The molecular formula is C33H41N5O4. The average Bonchev–Trinajstić information content (AvgIpc) is 3.49. The summed E-state index contributed by atoms with van der Waals surface area (Å²) in [6, 6.07) is 16.2. The lowest BCUT2D eigenvalue weighted by atomic mass is 9.97. The summed E-state index contributed by atoms with van der Waals surface area (Å²) >= 11 is 0. The molecule has 2 aromatic carbocycles. The zero-order chi connectivity index (χ0) is 29.6. The minimum Gasteiger partial charge on any atom is -0.465 e. The molecule has 1 unspecified atom stereocenters. The number of rotatable bonds is 5. The number of piperidine rings is 1. The van der Waals surface area contributed by atoms with E-state index in [1.54, 1.807) is 4.90 Å². The molecule has 222 valence electrons. The van der Waals surface area contributed by atoms with Gasteiger partial charge in [-0.05, 0) is 82.7 Å². The van der Waals surface area contributed by atoms with Gasteiger partial charge in [0.15, 0.2) is 5.82 Å². The molecule has 0 aliphatic carbocycles. The van der Waals surface area contributed by atoms with Gasteiger partial charge in [-0.1, -0.05) is 18.2 Å². The van der Waals surface area contributed by atoms with Gasteiger partial charge in [0.1, 0.15) is 0 Å². The van der Waals surface area contributed by atoms with Crippen LogP contribution in [0.5, 0.6) is 0 Å². The van der Waals surface area contributed by atoms with Crippen LogP contribution < -0.4 is 0 Å². The van der Waals surface area contributed by atoms with Crippen LogP contribution in [0, 0.1) is 5.92 Å². The maximum absolute atomic E-state index is 13.7. The molecule has 6 rings (SSSR count). The van der Waals surface area contributed by atoms with E-state index in [1.165, 1.54) is 15.8 Å². The van der Waals surface area contributed by atoms with Crippen molar-refractivity contribution in [3.05, 3.63) is 54.1 Å². The van der Waals surface area contributed by atoms with Crippen LogP contribution in [0.15, 0.2) is 48.5 Å². The van der Waals surface area contributed by atoms with Gasteiger partial charge in [-0.15, -0.1) is 0 Å². The molecule has 0 bridgehead atoms. The number of benzene rings is 2. The summed E-state index contributed by atoms with van der Waals surface area (Å²) in [4.78, 5) is 34.2. The number of ether oxygens (including phenoxy) is 1. The number of amides is 2. The van der Waals surface area contributed by atoms with Gasteiger partial charge in [0.2, 0.25) is 0 Å². The maximum atomic E-state index is 13.7. The second-order valence-electron chi connectivity index (χ2n) is 12.8. The average molecular weight is 572 g/mol. The van der Waals surface area contributed by atoms with Crippen molar-refractivity contribution in [2.45, 2.75) is 64.6 Å². The second-order valence-corrected chi connectivity index (χ2v) is 12.8. The van der Waals surface area contributed by atoms with Crippen molar-refractivity contribution in [3.8, 4) is 11.5 Å². The number of likely N-dealkylation sites (tertiary alicyclic amines) is 1. The quantitative estimate of drug-likeness (QED) is 0.317. The van der Waals surface area contributed by atoms with Crippen molar-refractivity contribution in [2.24, 2.45) is 13.0 Å². The Morgan fingerprint density at radius 2 is 1.81 bits per heavy atom. The Morgan fingerprint density at radius 1 is 1.05 bits per heavy atom. The minimum atomic E-state index is -0.946. The van der Waals surface area contributed by atoms with Gasteiger partial charge in [0.25, 0.3) is 5.91 Å². The fourth-order valence-corrected chi connectivity index (χ4v) is 6.86. The van der Waals surface area contributed by atoms with Crippen molar-refractivity contribution in [2.75, 3.05) is 26.3 Å². The van der Waals surface area contributed by atoms with Crippen molar-refractivity contribution in [3.63, 3.8) is 0 Å². The monoisotopic (exact) mass is 571 g/mol. The predicted molar refractivity (Wildman–Crippen MR) is 164 cm³/mol. The minimum absolute atomic E-state index is 0.0818. The van der Waals surface area contributed by atoms with Gasteiger partial charge in [-0.3, -0.25) is 9.69 Å². The number of carbonyl (C=O) groups excluding carboxylic acids is 1. The van der Waals surface area contributed by atoms with E-state index < -0.39 is 11.6 Å². The molecule has 0 saturated carbocycles. The van der Waals surface area contributed by atoms with E-state index >= 15 is 0 Å². The highest BCUT2D eigenvalue weighted by atomic mass is 16.5. The standard InChI is InChI=1S/C33H41N5O4/c1-33(2,3)38(32(40)41)25-9-7-15-36(21-25)31(39)24-11-12-28-26(18-24)34-30(35(28)4)29-19-23-8-5-6-10-27(23)37(29)20-22-13-16-42-17-14-22/h5-6,8,10-12,18-19,22,25H,7,9,13-17,20-21H2,1-4H3,(H,40,41). The Bertz CT molecular complexity index is 1620. The Morgan fingerprint density at radius 3 is 2.55 bits per heavy atom. The number of carbonyl (C=O) groups is 2. The number of fused-ring (bicyclic) bond motifs is 2. The van der Waals surface area contributed by atoms with E-state index in [9.17, 15) is 14.7 Å². The number of hydrogen-bond acceptors (Lipinski definition) is 4. The van der Waals surface area contributed by atoms with E-state index in [-0.39, 0.29) is 11.9 Å². The van der Waals surface area contributed by atoms with E-state index in [2.05, 4.69) is 39.5 Å². The summed E-state index contributed by atoms with van der Waals surface area (Å²) in [5, 5.41) is 11.1. The number of imidazole rings is 1. The van der Waals surface area contributed by atoms with E-state index in [0.717, 1.165) is 68.0 Å². The third kappa shape index (κ3) is 5.26. The fourth-order valence-electron chi connectivity index (χ4n) is 6.86. The first kappa shape index (κ1) is 28.3. The zero-order valence-corrected chi connectivity index (χ0v) is 25.0. The van der Waals surface area contributed by atoms with Crippen LogP contribution in [0.2, 0.25) is 0 Å². The molecule has 2 aliphatic rings. The van der Waals surface area contributed by atoms with Crippen LogP contribution in [0.3, 0.4) is 0 Å². The molecule has 9 nitrogen and oxygen atoms in total. The molecule has 42 heavy (non-hydrogen) atoms. The molecule has 2 fully saturated rings. The molecule has 1 atom stereocenters. The van der Waals surface area contributed by atoms with E-state index in [4.69, 9.17) is 9.72 Å². The van der Waals surface area contributed by atoms with Crippen LogP contribution in [-0.4, -0.2) is 78.9 Å². The second kappa shape index (κ2) is 11.1. The number of nitrogens with zero attached hydrogens (tertiary/aromatic N) is 5. The van der Waals surface area contributed by atoms with Crippen LogP contribution >= 0.6 is 0 Å². The van der Waals surface area contributed by atoms with E-state index in [0.29, 0.717) is 24.6 Å². The largest absolute Gasteiger partial charge is 0.465 e. The Hall–Kier alpha value is -3.85. The van der Waals surface area contributed by atoms with Crippen molar-refractivity contribution in [1.29, 1.82) is 0 Å². The molecule has 0 spiro atoms. The number of para-hydroxylation sites is 1. The van der Waals surface area contributed by atoms with Gasteiger partial charge in [-0.25, -0.2) is 9.78 Å². The van der Waals surface area contributed by atoms with Gasteiger partial charge in [-0.2, -0.15) is 0 Å². The zero-order valence-electron chi connectivity index (χ0n) is 25.0. The Balaban J connectivity index is 1.31. The summed E-state index contributed by atoms with van der Waals surface area (Å²) in [7, 11) is 2.03. The van der Waals surface area contributed by atoms with Gasteiger partial charge in [0, 0.05) is 61.9 Å². The van der Waals surface area contributed by atoms with Crippen molar-refractivity contribution in [1.82, 2.24) is 23.9 Å². The first-order chi connectivity index (χ1) is 20.1. The van der Waals surface area contributed by atoms with Crippen LogP contribution in [0.1, 0.15) is 56.8 Å². The molecule has 4 heterocycles. The molecule has 0 radical (unpaired) electrons. The smallest absolute Gasteiger partial charge is 0.408 e. The molecule has 1 N–H and O–H groups in total. The topological polar surface area (TPSA) is 92.8 Å². The third-order valence-corrected chi connectivity index (χ3v) is 8.93. The molecule has 9 heteroatoms. The maximum Gasteiger partial charge on any atom is 0.408 e. The van der Waals surface area contributed by atoms with Crippen LogP contribution in [0.25, 0.3) is 33.5 Å². The summed E-state index contributed by atoms with van der Waals surface area (Å²) in [5.41, 5.74) is 4.05. The Kier molecular flexibility index (Phi) is 7.47. The molecule has 2 aromatic heterocycles. The van der Waals surface area contributed by atoms with E-state index in [1.807, 2.05) is 46.0 Å². The number of aryl methyl sites for hydroxylation is 1. The lowest BCUT2D eigenvalue weighted by Crippen LogP contribution is -2.57. The highest BCUT2D eigenvalue weighted by Gasteiger charge is 2.37. The number of aromatic nitrogens is 3. The summed E-state index contributed by atoms with van der Waals surface area (Å²) in [5.74, 6) is 1.34. The summed E-state index contributed by atoms with van der Waals surface area (Å²) in [6.07, 6.45) is 2.68. The lowest BCUT2D eigenvalue weighted by molar-refractivity contribution is 0.0315. The van der Waals surface area contributed by atoms with Gasteiger partial charge >= 0.3 is 6.09 Å². The third-order valence-electron chi connectivity index (χ3n) is 8.93. The highest BCUT2D eigenvalue weighted by molar-refractivity contribution is 5.98. The number of hydrogen-bond donors (Lipinski definition) is 1. The first-order valence-corrected chi connectivity index (χ1v) is 15.1. The molecule has 2 amide bonds. The van der Waals surface area contributed by atoms with Crippen LogP contribution in [-0.2, 0) is 18.3 Å². The normalized spacial score (nSPS) is 18.6. The fraction of sp³-hybridized carbons (Fsp3) is 0.485. The van der Waals surface area contributed by atoms with Crippen molar-refractivity contribution >= 4 is 33.9 Å². The Labute approximate surface area is 246 Å². The summed E-state index contributed by atoms with van der Waals surface area (Å²) < 4.78 is 10.1. The SMILES string of the molecule is Cn1c(-c2cc3ccccc3n2CC2CCOCC2)nc2cc(C(=O)N3CCCC(N(C(=O)O)C(C)(C)C)C3)ccc21. The van der Waals surface area contributed by atoms with Crippen molar-refractivity contribution < 1.29 is 19.4 Å². The molecular weight excluding hydrogens is 530 g/mol.